The van der Waals surface area contributed by atoms with E-state index in [1.165, 1.54) is 0 Å². The Balaban J connectivity index is 2.72. The van der Waals surface area contributed by atoms with Crippen LogP contribution in [0.4, 0.5) is 0 Å². The third-order valence-electron chi connectivity index (χ3n) is 2.63. The van der Waals surface area contributed by atoms with E-state index in [1.54, 1.807) is 27.0 Å². The highest BCUT2D eigenvalue weighted by atomic mass is 31.2. The second-order valence-electron chi connectivity index (χ2n) is 4.14. The van der Waals surface area contributed by atoms with Crippen molar-refractivity contribution in [2.24, 2.45) is 0 Å². The summed E-state index contributed by atoms with van der Waals surface area (Å²) in [6.07, 6.45) is 4.12. The highest BCUT2D eigenvalue weighted by Crippen LogP contribution is 2.50. The second-order valence-corrected chi connectivity index (χ2v) is 6.19. The molecule has 0 amide bonds. The highest BCUT2D eigenvalue weighted by Gasteiger charge is 2.42. The zero-order chi connectivity index (χ0) is 12.2. The monoisotopic (exact) mass is 249 g/mol. The van der Waals surface area contributed by atoms with Gasteiger partial charge in [-0.3, -0.25) is 4.57 Å². The van der Waals surface area contributed by atoms with Crippen molar-refractivity contribution in [2.75, 3.05) is 19.4 Å². The molecular formula is C10H20NO4P. The molecule has 1 aliphatic heterocycles. The Morgan fingerprint density at radius 1 is 1.44 bits per heavy atom. The molecule has 0 aliphatic carbocycles. The summed E-state index contributed by atoms with van der Waals surface area (Å²) >= 11 is 0. The summed E-state index contributed by atoms with van der Waals surface area (Å²) in [6, 6.07) is 0. The predicted octanol–water partition coefficient (Wildman–Crippen LogP) is 1.31. The molecular weight excluding hydrogens is 229 g/mol. The fraction of sp³-hybridized carbons (Fsp3) is 0.800. The Morgan fingerprint density at radius 3 is 2.38 bits per heavy atom. The van der Waals surface area contributed by atoms with Crippen molar-refractivity contribution in [1.82, 2.24) is 0 Å². The second kappa shape index (κ2) is 5.43. The van der Waals surface area contributed by atoms with Crippen LogP contribution in [0, 0.1) is 5.21 Å². The number of rotatable bonds is 6. The number of quaternary nitrogens is 1. The molecule has 2 atom stereocenters. The van der Waals surface area contributed by atoms with Crippen molar-refractivity contribution in [3.63, 3.8) is 0 Å². The van der Waals surface area contributed by atoms with Crippen molar-refractivity contribution in [2.45, 2.75) is 32.7 Å². The summed E-state index contributed by atoms with van der Waals surface area (Å²) < 4.78 is 22.7. The van der Waals surface area contributed by atoms with Gasteiger partial charge in [0.2, 0.25) is 0 Å². The Hall–Kier alpha value is -0.190. The van der Waals surface area contributed by atoms with Crippen molar-refractivity contribution in [1.29, 1.82) is 0 Å². The molecule has 0 spiro atoms. The molecule has 0 aromatic rings. The van der Waals surface area contributed by atoms with Gasteiger partial charge in [0.1, 0.15) is 11.7 Å². The number of nitrogens with one attached hydrogen (secondary N) is 1. The SMILES string of the molecule is CCOP(=O)(CC1(C)CC=C[NH+]1[O-])OCC. The van der Waals surface area contributed by atoms with Crippen LogP contribution in [0.2, 0.25) is 0 Å². The van der Waals surface area contributed by atoms with Gasteiger partial charge in [-0.15, -0.1) is 0 Å². The molecule has 0 aromatic heterocycles. The fourth-order valence-electron chi connectivity index (χ4n) is 1.82. The Labute approximate surface area is 96.5 Å². The van der Waals surface area contributed by atoms with Crippen molar-refractivity contribution >= 4 is 7.60 Å². The lowest BCUT2D eigenvalue weighted by atomic mass is 10.0. The summed E-state index contributed by atoms with van der Waals surface area (Å²) in [7, 11) is -3.13. The molecule has 2 unspecified atom stereocenters. The maximum absolute atomic E-state index is 12.3. The predicted molar refractivity (Wildman–Crippen MR) is 62.2 cm³/mol. The first kappa shape index (κ1) is 13.9. The maximum atomic E-state index is 12.3. The summed E-state index contributed by atoms with van der Waals surface area (Å²) in [5.74, 6) is 0. The van der Waals surface area contributed by atoms with Crippen LogP contribution in [0.15, 0.2) is 12.3 Å². The van der Waals surface area contributed by atoms with Gasteiger partial charge < -0.3 is 19.3 Å². The standard InChI is InChI=1S/C10H20NO4P/c1-4-14-16(13,15-5-2)9-10(3)7-6-8-11(10)12/h6,8,11H,4-5,7,9H2,1-3H3. The van der Waals surface area contributed by atoms with Crippen LogP contribution in [-0.2, 0) is 13.6 Å². The van der Waals surface area contributed by atoms with E-state index in [-0.39, 0.29) is 11.2 Å². The van der Waals surface area contributed by atoms with Gasteiger partial charge in [-0.2, -0.15) is 0 Å². The molecule has 0 radical (unpaired) electrons. The van der Waals surface area contributed by atoms with Crippen LogP contribution in [-0.4, -0.2) is 24.9 Å². The molecule has 0 bridgehead atoms. The first-order valence-corrected chi connectivity index (χ1v) is 7.27. The van der Waals surface area contributed by atoms with E-state index in [9.17, 15) is 9.77 Å². The largest absolute Gasteiger partial charge is 0.629 e. The Kier molecular flexibility index (Phi) is 4.71. The highest BCUT2D eigenvalue weighted by molar-refractivity contribution is 7.53. The van der Waals surface area contributed by atoms with E-state index in [4.69, 9.17) is 9.05 Å². The van der Waals surface area contributed by atoms with E-state index in [0.29, 0.717) is 19.6 Å². The molecule has 0 fully saturated rings. The lowest BCUT2D eigenvalue weighted by molar-refractivity contribution is -0.840. The van der Waals surface area contributed by atoms with Crippen LogP contribution in [0.25, 0.3) is 0 Å². The molecule has 0 saturated heterocycles. The van der Waals surface area contributed by atoms with Crippen LogP contribution in [0.5, 0.6) is 0 Å². The van der Waals surface area contributed by atoms with E-state index >= 15 is 0 Å². The fourth-order valence-corrected chi connectivity index (χ4v) is 4.00. The third kappa shape index (κ3) is 3.15. The summed E-state index contributed by atoms with van der Waals surface area (Å²) in [4.78, 5) is 0. The molecule has 0 saturated carbocycles. The van der Waals surface area contributed by atoms with Gasteiger partial charge in [0.05, 0.1) is 19.4 Å². The van der Waals surface area contributed by atoms with Crippen molar-refractivity contribution < 1.29 is 18.7 Å². The molecule has 16 heavy (non-hydrogen) atoms. The average molecular weight is 249 g/mol. The minimum atomic E-state index is -3.13. The van der Waals surface area contributed by atoms with E-state index < -0.39 is 13.1 Å². The van der Waals surface area contributed by atoms with Gasteiger partial charge >= 0.3 is 7.60 Å². The van der Waals surface area contributed by atoms with Crippen LogP contribution in [0.1, 0.15) is 27.2 Å². The van der Waals surface area contributed by atoms with Gasteiger partial charge in [-0.1, -0.05) is 0 Å². The number of hydrogen-bond donors (Lipinski definition) is 1. The van der Waals surface area contributed by atoms with Crippen LogP contribution < -0.4 is 5.06 Å². The number of hydrogen-bond acceptors (Lipinski definition) is 4. The minimum Gasteiger partial charge on any atom is -0.629 e. The molecule has 5 nitrogen and oxygen atoms in total. The molecule has 0 aromatic carbocycles. The van der Waals surface area contributed by atoms with Gasteiger partial charge in [0, 0.05) is 6.42 Å². The topological polar surface area (TPSA) is 63.0 Å². The molecule has 1 N–H and O–H groups in total. The molecule has 1 aliphatic rings. The van der Waals surface area contributed by atoms with Gasteiger partial charge in [-0.25, -0.2) is 0 Å². The summed E-state index contributed by atoms with van der Waals surface area (Å²) in [6.45, 7) is 6.00. The van der Waals surface area contributed by atoms with E-state index in [1.807, 2.05) is 6.08 Å². The van der Waals surface area contributed by atoms with E-state index in [0.717, 1.165) is 0 Å². The third-order valence-corrected chi connectivity index (χ3v) is 5.02. The Bertz CT molecular complexity index is 297. The average Bonchev–Trinajstić information content (AvgIpc) is 2.46. The minimum absolute atomic E-state index is 0.00660. The summed E-state index contributed by atoms with van der Waals surface area (Å²) in [5, 5.41) is 11.7. The van der Waals surface area contributed by atoms with E-state index in [2.05, 4.69) is 0 Å². The molecule has 6 heteroatoms. The first-order chi connectivity index (χ1) is 7.46. The van der Waals surface area contributed by atoms with Gasteiger partial charge in [0.15, 0.2) is 0 Å². The Morgan fingerprint density at radius 2 is 2.00 bits per heavy atom. The smallest absolute Gasteiger partial charge is 0.336 e. The normalized spacial score (nSPS) is 29.9. The number of hydroxylamine groups is 2. The van der Waals surface area contributed by atoms with Gasteiger partial charge in [-0.05, 0) is 26.8 Å². The summed E-state index contributed by atoms with van der Waals surface area (Å²) in [5.41, 5.74) is -0.625. The molecule has 94 valence electrons. The quantitative estimate of drug-likeness (QED) is 0.569. The zero-order valence-electron chi connectivity index (χ0n) is 10.1. The molecule has 1 rings (SSSR count). The molecule has 1 heterocycles. The lowest BCUT2D eigenvalue weighted by Crippen LogP contribution is -3.10. The van der Waals surface area contributed by atoms with Crippen LogP contribution >= 0.6 is 7.60 Å². The first-order valence-electron chi connectivity index (χ1n) is 5.55. The van der Waals surface area contributed by atoms with Crippen LogP contribution in [0.3, 0.4) is 0 Å². The lowest BCUT2D eigenvalue weighted by Gasteiger charge is -2.35. The zero-order valence-corrected chi connectivity index (χ0v) is 11.0. The van der Waals surface area contributed by atoms with Gasteiger partial charge in [0.25, 0.3) is 0 Å². The van der Waals surface area contributed by atoms with Crippen molar-refractivity contribution in [3.05, 3.63) is 17.5 Å². The maximum Gasteiger partial charge on any atom is 0.336 e. The van der Waals surface area contributed by atoms with Crippen molar-refractivity contribution in [3.8, 4) is 0 Å².